The second-order valence-electron chi connectivity index (χ2n) is 2.79. The first-order valence-electron chi connectivity index (χ1n) is 3.98. The smallest absolute Gasteiger partial charge is 0.230 e. The average molecular weight is 176 g/mol. The van der Waals surface area contributed by atoms with Gasteiger partial charge in [-0.05, 0) is 12.1 Å². The number of rotatable bonds is 1. The lowest BCUT2D eigenvalue weighted by atomic mass is 10.1. The number of ether oxygens (including phenoxy) is 1. The fourth-order valence-corrected chi connectivity index (χ4v) is 1.37. The van der Waals surface area contributed by atoms with Crippen molar-refractivity contribution in [3.63, 3.8) is 0 Å². The quantitative estimate of drug-likeness (QED) is 0.526. The van der Waals surface area contributed by atoms with Crippen LogP contribution in [0.3, 0.4) is 0 Å². The first kappa shape index (κ1) is 7.86. The largest absolute Gasteiger partial charge is 0.496 e. The van der Waals surface area contributed by atoms with Crippen LogP contribution in [0.2, 0.25) is 0 Å². The van der Waals surface area contributed by atoms with E-state index in [4.69, 9.17) is 9.94 Å². The molecule has 0 spiro atoms. The summed E-state index contributed by atoms with van der Waals surface area (Å²) in [6.45, 7) is 0. The molecule has 0 atom stereocenters. The third-order valence-electron chi connectivity index (χ3n) is 1.99. The monoisotopic (exact) mass is 176 g/mol. The summed E-state index contributed by atoms with van der Waals surface area (Å²) in [5.41, 5.74) is 0. The minimum atomic E-state index is 0.818. The van der Waals surface area contributed by atoms with Crippen molar-refractivity contribution in [3.8, 4) is 5.75 Å². The molecule has 2 rings (SSSR count). The van der Waals surface area contributed by atoms with Crippen molar-refractivity contribution in [2.24, 2.45) is 0 Å². The third-order valence-corrected chi connectivity index (χ3v) is 1.99. The van der Waals surface area contributed by atoms with Gasteiger partial charge in [0, 0.05) is 16.2 Å². The maximum atomic E-state index is 9.17. The van der Waals surface area contributed by atoms with Gasteiger partial charge in [-0.3, -0.25) is 5.21 Å². The van der Waals surface area contributed by atoms with Gasteiger partial charge in [-0.2, -0.15) is 0 Å². The average Bonchev–Trinajstić information content (AvgIpc) is 2.16. The van der Waals surface area contributed by atoms with E-state index in [0.717, 1.165) is 21.3 Å². The van der Waals surface area contributed by atoms with Crippen LogP contribution in [0.25, 0.3) is 10.8 Å². The van der Waals surface area contributed by atoms with E-state index in [1.807, 2.05) is 24.3 Å². The molecule has 1 heterocycles. The van der Waals surface area contributed by atoms with Crippen LogP contribution >= 0.6 is 0 Å². The summed E-state index contributed by atoms with van der Waals surface area (Å²) in [6.07, 6.45) is 3.21. The summed E-state index contributed by atoms with van der Waals surface area (Å²) in [6, 6.07) is 7.52. The van der Waals surface area contributed by atoms with Crippen molar-refractivity contribution < 1.29 is 14.7 Å². The number of hydrogen-bond acceptors (Lipinski definition) is 2. The summed E-state index contributed by atoms with van der Waals surface area (Å²) in [7, 11) is 1.63. The van der Waals surface area contributed by atoms with Crippen LogP contribution in [0.4, 0.5) is 0 Å². The molecule has 3 heteroatoms. The number of benzene rings is 1. The number of aromatic nitrogens is 1. The van der Waals surface area contributed by atoms with Gasteiger partial charge in [0.1, 0.15) is 5.75 Å². The van der Waals surface area contributed by atoms with Gasteiger partial charge in [0.05, 0.1) is 12.5 Å². The topological polar surface area (TPSA) is 33.3 Å². The van der Waals surface area contributed by atoms with Crippen molar-refractivity contribution in [3.05, 3.63) is 36.7 Å². The SMILES string of the molecule is COc1cccc2c[n+](O)ccc12. The van der Waals surface area contributed by atoms with Crippen LogP contribution in [0.1, 0.15) is 0 Å². The normalized spacial score (nSPS) is 10.2. The van der Waals surface area contributed by atoms with Crippen molar-refractivity contribution >= 4 is 10.8 Å². The zero-order valence-corrected chi connectivity index (χ0v) is 7.27. The molecule has 0 saturated carbocycles. The first-order chi connectivity index (χ1) is 6.31. The minimum Gasteiger partial charge on any atom is -0.496 e. The van der Waals surface area contributed by atoms with Gasteiger partial charge in [0.2, 0.25) is 12.4 Å². The first-order valence-corrected chi connectivity index (χ1v) is 3.98. The summed E-state index contributed by atoms with van der Waals surface area (Å²) in [5.74, 6) is 0.818. The number of fused-ring (bicyclic) bond motifs is 1. The van der Waals surface area contributed by atoms with Gasteiger partial charge in [0.15, 0.2) is 0 Å². The highest BCUT2D eigenvalue weighted by Crippen LogP contribution is 2.22. The predicted octanol–water partition coefficient (Wildman–Crippen LogP) is 1.37. The maximum Gasteiger partial charge on any atom is 0.230 e. The third kappa shape index (κ3) is 1.28. The molecule has 1 N–H and O–H groups in total. The van der Waals surface area contributed by atoms with Crippen LogP contribution in [-0.2, 0) is 0 Å². The van der Waals surface area contributed by atoms with E-state index in [9.17, 15) is 0 Å². The molecule has 0 saturated heterocycles. The molecule has 0 aliphatic heterocycles. The van der Waals surface area contributed by atoms with Crippen molar-refractivity contribution in [2.45, 2.75) is 0 Å². The van der Waals surface area contributed by atoms with E-state index in [-0.39, 0.29) is 0 Å². The molecule has 0 bridgehead atoms. The highest BCUT2D eigenvalue weighted by molar-refractivity contribution is 5.86. The van der Waals surface area contributed by atoms with Gasteiger partial charge in [0.25, 0.3) is 0 Å². The second kappa shape index (κ2) is 2.94. The summed E-state index contributed by atoms with van der Waals surface area (Å²) < 4.78 is 6.21. The summed E-state index contributed by atoms with van der Waals surface area (Å²) in [4.78, 5) is 0. The van der Waals surface area contributed by atoms with Gasteiger partial charge < -0.3 is 4.74 Å². The molecular formula is C10H10NO2+. The van der Waals surface area contributed by atoms with Crippen LogP contribution in [0.15, 0.2) is 36.7 Å². The van der Waals surface area contributed by atoms with E-state index in [1.54, 1.807) is 19.5 Å². The van der Waals surface area contributed by atoms with Gasteiger partial charge in [-0.25, -0.2) is 0 Å². The molecule has 0 fully saturated rings. The lowest BCUT2D eigenvalue weighted by molar-refractivity contribution is -0.903. The molecule has 2 aromatic rings. The molecule has 13 heavy (non-hydrogen) atoms. The van der Waals surface area contributed by atoms with Crippen LogP contribution in [0, 0.1) is 0 Å². The molecular weight excluding hydrogens is 166 g/mol. The van der Waals surface area contributed by atoms with E-state index in [2.05, 4.69) is 0 Å². The van der Waals surface area contributed by atoms with Crippen molar-refractivity contribution in [1.82, 2.24) is 0 Å². The molecule has 1 aromatic carbocycles. The molecule has 3 nitrogen and oxygen atoms in total. The van der Waals surface area contributed by atoms with Gasteiger partial charge >= 0.3 is 0 Å². The van der Waals surface area contributed by atoms with E-state index >= 15 is 0 Å². The summed E-state index contributed by atoms with van der Waals surface area (Å²) >= 11 is 0. The maximum absolute atomic E-state index is 9.17. The highest BCUT2D eigenvalue weighted by atomic mass is 16.5. The lowest BCUT2D eigenvalue weighted by Gasteiger charge is -2.01. The second-order valence-corrected chi connectivity index (χ2v) is 2.79. The molecule has 66 valence electrons. The Bertz CT molecular complexity index is 440. The van der Waals surface area contributed by atoms with E-state index in [0.29, 0.717) is 0 Å². The molecule has 1 aromatic heterocycles. The Kier molecular flexibility index (Phi) is 1.77. The number of hydrogen-bond donors (Lipinski definition) is 1. The van der Waals surface area contributed by atoms with Crippen molar-refractivity contribution in [1.29, 1.82) is 0 Å². The van der Waals surface area contributed by atoms with Crippen LogP contribution in [-0.4, -0.2) is 12.3 Å². The fourth-order valence-electron chi connectivity index (χ4n) is 1.37. The molecule has 0 unspecified atom stereocenters. The van der Waals surface area contributed by atoms with Gasteiger partial charge in [-0.15, -0.1) is 0 Å². The van der Waals surface area contributed by atoms with E-state index in [1.165, 1.54) is 0 Å². The molecule has 0 radical (unpaired) electrons. The number of nitrogens with zero attached hydrogens (tertiary/aromatic N) is 1. The standard InChI is InChI=1S/C10H10NO2/c1-13-10-4-2-3-8-7-11(12)6-5-9(8)10/h2-7,12H,1H3/q+1. The van der Waals surface area contributed by atoms with Gasteiger partial charge in [-0.1, -0.05) is 6.07 Å². The Balaban J connectivity index is 2.77. The van der Waals surface area contributed by atoms with Crippen LogP contribution < -0.4 is 9.47 Å². The highest BCUT2D eigenvalue weighted by Gasteiger charge is 2.04. The zero-order chi connectivity index (χ0) is 9.26. The number of pyridine rings is 1. The molecule has 0 aliphatic carbocycles. The lowest BCUT2D eigenvalue weighted by Crippen LogP contribution is -2.27. The Morgan fingerprint density at radius 1 is 1.31 bits per heavy atom. The predicted molar refractivity (Wildman–Crippen MR) is 47.9 cm³/mol. The Hall–Kier alpha value is -1.77. The van der Waals surface area contributed by atoms with Crippen LogP contribution in [0.5, 0.6) is 5.75 Å². The Labute approximate surface area is 75.8 Å². The number of methoxy groups -OCH3 is 1. The van der Waals surface area contributed by atoms with E-state index < -0.39 is 0 Å². The summed E-state index contributed by atoms with van der Waals surface area (Å²) in [5, 5.41) is 11.1. The van der Waals surface area contributed by atoms with Crippen molar-refractivity contribution in [2.75, 3.05) is 7.11 Å². The Morgan fingerprint density at radius 3 is 2.92 bits per heavy atom. The Morgan fingerprint density at radius 2 is 2.15 bits per heavy atom. The minimum absolute atomic E-state index is 0.818. The molecule has 0 amide bonds. The molecule has 0 aliphatic rings. The fraction of sp³-hybridized carbons (Fsp3) is 0.100. The zero-order valence-electron chi connectivity index (χ0n) is 7.27.